The van der Waals surface area contributed by atoms with Crippen LogP contribution in [0.1, 0.15) is 49.0 Å². The Morgan fingerprint density at radius 3 is 2.70 bits per heavy atom. The molecule has 1 aromatic rings. The third-order valence-electron chi connectivity index (χ3n) is 4.76. The zero-order chi connectivity index (χ0) is 14.7. The van der Waals surface area contributed by atoms with Gasteiger partial charge in [-0.05, 0) is 43.7 Å². The highest BCUT2D eigenvalue weighted by Crippen LogP contribution is 2.34. The van der Waals surface area contributed by atoms with Gasteiger partial charge in [-0.3, -0.25) is 4.79 Å². The van der Waals surface area contributed by atoms with Crippen LogP contribution in [0.25, 0.3) is 0 Å². The molecule has 3 atom stereocenters. The molecule has 20 heavy (non-hydrogen) atoms. The first-order valence-electron chi connectivity index (χ1n) is 7.66. The van der Waals surface area contributed by atoms with Gasteiger partial charge in [-0.2, -0.15) is 0 Å². The Labute approximate surface area is 122 Å². The Hall–Kier alpha value is -1.51. The number of carbonyl (C=O) groups is 1. The van der Waals surface area contributed by atoms with E-state index in [4.69, 9.17) is 0 Å². The quantitative estimate of drug-likeness (QED) is 0.881. The van der Waals surface area contributed by atoms with E-state index in [1.807, 2.05) is 32.2 Å². The van der Waals surface area contributed by atoms with Gasteiger partial charge in [0, 0.05) is 18.8 Å². The molecule has 110 valence electrons. The number of aryl methyl sites for hydroxylation is 1. The van der Waals surface area contributed by atoms with E-state index >= 15 is 0 Å². The maximum absolute atomic E-state index is 12.5. The molecule has 0 radical (unpaired) electrons. The lowest BCUT2D eigenvalue weighted by molar-refractivity contribution is 0.0927. The molecule has 1 saturated carbocycles. The molecule has 0 heterocycles. The maximum atomic E-state index is 12.5. The lowest BCUT2D eigenvalue weighted by atomic mass is 9.93. The minimum atomic E-state index is 0.0478. The Bertz CT molecular complexity index is 484. The molecule has 1 amide bonds. The summed E-state index contributed by atoms with van der Waals surface area (Å²) in [5.74, 6) is 1.38. The fraction of sp³-hybridized carbons (Fsp3) is 0.588. The van der Waals surface area contributed by atoms with Crippen LogP contribution < -0.4 is 10.6 Å². The van der Waals surface area contributed by atoms with Gasteiger partial charge in [-0.15, -0.1) is 0 Å². The predicted octanol–water partition coefficient (Wildman–Crippen LogP) is 3.59. The molecule has 0 spiro atoms. The summed E-state index contributed by atoms with van der Waals surface area (Å²) in [6.45, 7) is 6.52. The molecule has 2 N–H and O–H groups in total. The van der Waals surface area contributed by atoms with Crippen molar-refractivity contribution in [1.82, 2.24) is 5.32 Å². The van der Waals surface area contributed by atoms with Gasteiger partial charge >= 0.3 is 0 Å². The van der Waals surface area contributed by atoms with Crippen molar-refractivity contribution < 1.29 is 4.79 Å². The van der Waals surface area contributed by atoms with Crippen LogP contribution in [0.3, 0.4) is 0 Å². The number of anilines is 1. The van der Waals surface area contributed by atoms with Crippen LogP contribution in [0.5, 0.6) is 0 Å². The lowest BCUT2D eigenvalue weighted by Gasteiger charge is -2.21. The average molecular weight is 274 g/mol. The van der Waals surface area contributed by atoms with Gasteiger partial charge in [0.2, 0.25) is 0 Å². The second kappa shape index (κ2) is 6.29. The lowest BCUT2D eigenvalue weighted by Crippen LogP contribution is -2.37. The van der Waals surface area contributed by atoms with Crippen molar-refractivity contribution in [1.29, 1.82) is 0 Å². The molecule has 0 aromatic heterocycles. The SMILES string of the molecule is CCC1CCC(NC(=O)c2cc(C)ccc2NC)C1C. The number of hydrogen-bond donors (Lipinski definition) is 2. The number of nitrogens with one attached hydrogen (secondary N) is 2. The van der Waals surface area contributed by atoms with Crippen LogP contribution >= 0.6 is 0 Å². The molecule has 3 nitrogen and oxygen atoms in total. The highest BCUT2D eigenvalue weighted by molar-refractivity contribution is 6.00. The summed E-state index contributed by atoms with van der Waals surface area (Å²) in [5.41, 5.74) is 2.76. The van der Waals surface area contributed by atoms with Gasteiger partial charge in [0.25, 0.3) is 5.91 Å². The first kappa shape index (κ1) is 14.9. The van der Waals surface area contributed by atoms with Crippen molar-refractivity contribution in [2.45, 2.75) is 46.1 Å². The average Bonchev–Trinajstić information content (AvgIpc) is 2.79. The minimum Gasteiger partial charge on any atom is -0.387 e. The van der Waals surface area contributed by atoms with Crippen molar-refractivity contribution in [2.24, 2.45) is 11.8 Å². The summed E-state index contributed by atoms with van der Waals surface area (Å²) in [6, 6.07) is 6.26. The Kier molecular flexibility index (Phi) is 4.69. The standard InChI is InChI=1S/C17H26N2O/c1-5-13-7-9-15(12(13)3)19-17(20)14-10-11(2)6-8-16(14)18-4/h6,8,10,12-13,15,18H,5,7,9H2,1-4H3,(H,19,20). The van der Waals surface area contributed by atoms with Crippen LogP contribution in [0, 0.1) is 18.8 Å². The van der Waals surface area contributed by atoms with E-state index in [0.29, 0.717) is 12.0 Å². The molecule has 1 aromatic carbocycles. The van der Waals surface area contributed by atoms with Gasteiger partial charge < -0.3 is 10.6 Å². The van der Waals surface area contributed by atoms with Gasteiger partial charge in [0.15, 0.2) is 0 Å². The Balaban J connectivity index is 2.11. The topological polar surface area (TPSA) is 41.1 Å². The molecule has 2 rings (SSSR count). The molecule has 1 fully saturated rings. The first-order valence-corrected chi connectivity index (χ1v) is 7.66. The van der Waals surface area contributed by atoms with E-state index in [0.717, 1.165) is 29.2 Å². The highest BCUT2D eigenvalue weighted by Gasteiger charge is 2.32. The summed E-state index contributed by atoms with van der Waals surface area (Å²) in [4.78, 5) is 12.5. The zero-order valence-electron chi connectivity index (χ0n) is 13.0. The van der Waals surface area contributed by atoms with Gasteiger partial charge in [0.05, 0.1) is 5.56 Å². The third kappa shape index (κ3) is 2.97. The van der Waals surface area contributed by atoms with Gasteiger partial charge in [-0.25, -0.2) is 0 Å². The van der Waals surface area contributed by atoms with Crippen molar-refractivity contribution in [3.63, 3.8) is 0 Å². The molecule has 3 heteroatoms. The van der Waals surface area contributed by atoms with Crippen LogP contribution in [-0.2, 0) is 0 Å². The maximum Gasteiger partial charge on any atom is 0.253 e. The van der Waals surface area contributed by atoms with E-state index in [1.54, 1.807) is 0 Å². The summed E-state index contributed by atoms with van der Waals surface area (Å²) in [7, 11) is 1.85. The minimum absolute atomic E-state index is 0.0478. The largest absolute Gasteiger partial charge is 0.387 e. The molecule has 1 aliphatic rings. The second-order valence-corrected chi connectivity index (χ2v) is 5.98. The van der Waals surface area contributed by atoms with Gasteiger partial charge in [-0.1, -0.05) is 31.9 Å². The third-order valence-corrected chi connectivity index (χ3v) is 4.76. The number of benzene rings is 1. The fourth-order valence-corrected chi connectivity index (χ4v) is 3.34. The summed E-state index contributed by atoms with van der Waals surface area (Å²) < 4.78 is 0. The van der Waals surface area contributed by atoms with Crippen LogP contribution in [-0.4, -0.2) is 19.0 Å². The van der Waals surface area contributed by atoms with E-state index in [-0.39, 0.29) is 5.91 Å². The highest BCUT2D eigenvalue weighted by atomic mass is 16.1. The molecule has 1 aliphatic carbocycles. The summed E-state index contributed by atoms with van der Waals surface area (Å²) >= 11 is 0. The predicted molar refractivity (Wildman–Crippen MR) is 84.2 cm³/mol. The normalized spacial score (nSPS) is 25.5. The molecule has 0 aliphatic heterocycles. The molecular weight excluding hydrogens is 248 g/mol. The number of carbonyl (C=O) groups excluding carboxylic acids is 1. The first-order chi connectivity index (χ1) is 9.56. The van der Waals surface area contributed by atoms with Crippen molar-refractivity contribution in [2.75, 3.05) is 12.4 Å². The molecular formula is C17H26N2O. The van der Waals surface area contributed by atoms with E-state index in [1.165, 1.54) is 12.8 Å². The summed E-state index contributed by atoms with van der Waals surface area (Å²) in [5, 5.41) is 6.33. The second-order valence-electron chi connectivity index (χ2n) is 5.98. The van der Waals surface area contributed by atoms with Gasteiger partial charge in [0.1, 0.15) is 0 Å². The molecule has 0 saturated heterocycles. The number of hydrogen-bond acceptors (Lipinski definition) is 2. The van der Waals surface area contributed by atoms with Crippen LogP contribution in [0.2, 0.25) is 0 Å². The zero-order valence-corrected chi connectivity index (χ0v) is 13.0. The number of rotatable bonds is 4. The van der Waals surface area contributed by atoms with E-state index in [2.05, 4.69) is 24.5 Å². The Morgan fingerprint density at radius 1 is 1.35 bits per heavy atom. The smallest absolute Gasteiger partial charge is 0.253 e. The fourth-order valence-electron chi connectivity index (χ4n) is 3.34. The molecule has 0 bridgehead atoms. The van der Waals surface area contributed by atoms with E-state index in [9.17, 15) is 4.79 Å². The van der Waals surface area contributed by atoms with Crippen molar-refractivity contribution in [3.05, 3.63) is 29.3 Å². The van der Waals surface area contributed by atoms with Crippen molar-refractivity contribution in [3.8, 4) is 0 Å². The number of amides is 1. The van der Waals surface area contributed by atoms with E-state index < -0.39 is 0 Å². The van der Waals surface area contributed by atoms with Crippen LogP contribution in [0.15, 0.2) is 18.2 Å². The monoisotopic (exact) mass is 274 g/mol. The summed E-state index contributed by atoms with van der Waals surface area (Å²) in [6.07, 6.45) is 3.54. The van der Waals surface area contributed by atoms with Crippen molar-refractivity contribution >= 4 is 11.6 Å². The Morgan fingerprint density at radius 2 is 2.10 bits per heavy atom. The molecule has 3 unspecified atom stereocenters. The van der Waals surface area contributed by atoms with Crippen LogP contribution in [0.4, 0.5) is 5.69 Å².